The average Bonchev–Trinajstić information content (AvgIpc) is 3.91. The van der Waals surface area contributed by atoms with Crippen molar-refractivity contribution in [1.82, 2.24) is 29.7 Å². The lowest BCUT2D eigenvalue weighted by Crippen LogP contribution is -2.43. The first kappa shape index (κ1) is 33.9. The number of nitrogens with zero attached hydrogens (tertiary/aromatic N) is 7. The third kappa shape index (κ3) is 6.43. The Morgan fingerprint density at radius 2 is 1.98 bits per heavy atom. The summed E-state index contributed by atoms with van der Waals surface area (Å²) in [5, 5.41) is 2.48. The third-order valence-electron chi connectivity index (χ3n) is 11.1. The molecule has 0 aliphatic carbocycles. The van der Waals surface area contributed by atoms with Crippen LogP contribution >= 0.6 is 11.6 Å². The molecule has 2 aromatic heterocycles. The molecule has 8 rings (SSSR count). The van der Waals surface area contributed by atoms with E-state index in [1.807, 2.05) is 49.2 Å². The number of likely N-dealkylation sites (tertiary alicyclic amines) is 2. The summed E-state index contributed by atoms with van der Waals surface area (Å²) in [6.07, 6.45) is 7.72. The molecular weight excluding hydrogens is 672 g/mol. The van der Waals surface area contributed by atoms with Crippen molar-refractivity contribution >= 4 is 51.2 Å². The molecular formula is C39H41ClF2N7O2+. The van der Waals surface area contributed by atoms with Gasteiger partial charge in [-0.1, -0.05) is 47.9 Å². The fourth-order valence-electron chi connectivity index (χ4n) is 8.48. The van der Waals surface area contributed by atoms with Gasteiger partial charge in [-0.25, -0.2) is 13.4 Å². The van der Waals surface area contributed by atoms with Crippen LogP contribution < -0.4 is 4.74 Å². The summed E-state index contributed by atoms with van der Waals surface area (Å²) >= 11 is 6.62. The van der Waals surface area contributed by atoms with E-state index in [4.69, 9.17) is 21.3 Å². The van der Waals surface area contributed by atoms with Gasteiger partial charge in [-0.2, -0.15) is 4.98 Å². The smallest absolute Gasteiger partial charge is 0.434 e. The van der Waals surface area contributed by atoms with Crippen molar-refractivity contribution in [2.75, 3.05) is 53.4 Å². The molecule has 6 heterocycles. The molecule has 51 heavy (non-hydrogen) atoms. The summed E-state index contributed by atoms with van der Waals surface area (Å²) in [5.41, 5.74) is 0.317. The Balaban J connectivity index is 1.14. The van der Waals surface area contributed by atoms with Gasteiger partial charge < -0.3 is 9.64 Å². The van der Waals surface area contributed by atoms with E-state index in [0.29, 0.717) is 53.2 Å². The second-order valence-corrected chi connectivity index (χ2v) is 14.9. The molecule has 4 aliphatic rings. The first-order valence-corrected chi connectivity index (χ1v) is 18.2. The Bertz CT molecular complexity index is 2110. The molecule has 4 saturated heterocycles. The topological polar surface area (TPSA) is 77.7 Å². The van der Waals surface area contributed by atoms with E-state index in [0.717, 1.165) is 50.6 Å². The number of benzene rings is 2. The van der Waals surface area contributed by atoms with Crippen LogP contribution in [-0.4, -0.2) is 118 Å². The number of rotatable bonds is 6. The van der Waals surface area contributed by atoms with E-state index in [-0.39, 0.29) is 41.7 Å². The zero-order valence-electron chi connectivity index (χ0n) is 28.9. The second-order valence-electron chi connectivity index (χ2n) is 14.5. The van der Waals surface area contributed by atoms with Gasteiger partial charge in [-0.05, 0) is 69.6 Å². The van der Waals surface area contributed by atoms with Gasteiger partial charge in [0.05, 0.1) is 24.8 Å². The van der Waals surface area contributed by atoms with Gasteiger partial charge in [0.15, 0.2) is 5.82 Å². The number of pyridine rings is 1. The lowest BCUT2D eigenvalue weighted by atomic mass is 9.95. The molecule has 0 N–H and O–H groups in total. The fraction of sp³-hybridized carbons (Fsp3) is 0.462. The number of carbonyl (C=O) groups excluding carboxylic acids is 1. The molecule has 12 heteroatoms. The Morgan fingerprint density at radius 3 is 2.80 bits per heavy atom. The summed E-state index contributed by atoms with van der Waals surface area (Å²) in [5.74, 6) is 5.71. The number of hydrogen-bond donors (Lipinski definition) is 0. The summed E-state index contributed by atoms with van der Waals surface area (Å²) in [6.45, 7) is 3.55. The normalized spacial score (nSPS) is 25.5. The van der Waals surface area contributed by atoms with Crippen molar-refractivity contribution in [2.24, 2.45) is 5.92 Å². The summed E-state index contributed by atoms with van der Waals surface area (Å²) < 4.78 is 39.5. The number of aromatic nitrogens is 3. The van der Waals surface area contributed by atoms with Gasteiger partial charge in [0.25, 0.3) is 5.91 Å². The fourth-order valence-corrected chi connectivity index (χ4v) is 8.76. The summed E-state index contributed by atoms with van der Waals surface area (Å²) in [6, 6.07) is 11.3. The Kier molecular flexibility index (Phi) is 9.11. The van der Waals surface area contributed by atoms with E-state index in [1.54, 1.807) is 23.2 Å². The van der Waals surface area contributed by atoms with E-state index in [9.17, 15) is 9.18 Å². The van der Waals surface area contributed by atoms with Crippen LogP contribution in [0.5, 0.6) is 6.01 Å². The molecule has 4 fully saturated rings. The molecule has 4 aromatic rings. The zero-order valence-corrected chi connectivity index (χ0v) is 29.7. The summed E-state index contributed by atoms with van der Waals surface area (Å²) in [7, 11) is 3.89. The Labute approximate surface area is 301 Å². The lowest BCUT2D eigenvalue weighted by Gasteiger charge is -2.30. The van der Waals surface area contributed by atoms with Gasteiger partial charge in [0.2, 0.25) is 0 Å². The highest BCUT2D eigenvalue weighted by atomic mass is 35.5. The SMILES string of the molecule is CN1CCCC1C#CC(=O)N1CCC(C=[N+](C)c2nc(OCC34CCCN3C[C@H](F)C4)nc3c(F)c(-c4cccc5cccc(Cl)c45)ncc23)C1. The van der Waals surface area contributed by atoms with Crippen LogP contribution in [0.15, 0.2) is 42.6 Å². The van der Waals surface area contributed by atoms with Crippen LogP contribution in [0.1, 0.15) is 38.5 Å². The molecule has 2 aromatic carbocycles. The minimum absolute atomic E-state index is 0.0173. The van der Waals surface area contributed by atoms with Gasteiger partial charge in [-0.15, -0.1) is 0 Å². The monoisotopic (exact) mass is 712 g/mol. The molecule has 0 spiro atoms. The largest absolute Gasteiger partial charge is 0.443 e. The summed E-state index contributed by atoms with van der Waals surface area (Å²) in [4.78, 5) is 33.1. The molecule has 0 saturated carbocycles. The predicted molar refractivity (Wildman–Crippen MR) is 194 cm³/mol. The first-order valence-electron chi connectivity index (χ1n) is 17.8. The standard InChI is InChI=1S/C39H41ClF2N7O2/c1-46-16-5-9-28(46)12-13-32(50)48-18-14-25(22-48)21-47(2)37-30-20-43-35(29-10-3-7-26-8-4-11-31(40)33(26)29)34(42)36(30)44-38(45-37)51-24-39-15-6-17-49(39)23-27(41)19-39/h3-4,7-8,10-11,20-21,25,27-28H,5-6,9,14-19,22-24H2,1-2H3/q+1/t25?,27-,28?,39?/m1/s1. The quantitative estimate of drug-likeness (QED) is 0.140. The van der Waals surface area contributed by atoms with Crippen LogP contribution in [0.4, 0.5) is 14.6 Å². The molecule has 4 atom stereocenters. The minimum Gasteiger partial charge on any atom is -0.443 e. The maximum absolute atomic E-state index is 16.8. The van der Waals surface area contributed by atoms with E-state index in [2.05, 4.69) is 31.6 Å². The highest BCUT2D eigenvalue weighted by Crippen LogP contribution is 2.41. The highest BCUT2D eigenvalue weighted by Gasteiger charge is 2.49. The number of amides is 1. The van der Waals surface area contributed by atoms with Crippen LogP contribution in [0.2, 0.25) is 5.02 Å². The van der Waals surface area contributed by atoms with Crippen LogP contribution in [0.25, 0.3) is 32.9 Å². The van der Waals surface area contributed by atoms with Gasteiger partial charge in [0.1, 0.15) is 29.4 Å². The van der Waals surface area contributed by atoms with Crippen molar-refractivity contribution in [2.45, 2.75) is 56.3 Å². The number of hydrogen-bond acceptors (Lipinski definition) is 7. The Morgan fingerprint density at radius 1 is 1.14 bits per heavy atom. The van der Waals surface area contributed by atoms with Gasteiger partial charge in [0, 0.05) is 59.1 Å². The maximum atomic E-state index is 16.8. The highest BCUT2D eigenvalue weighted by molar-refractivity contribution is 6.36. The molecule has 0 bridgehead atoms. The molecule has 4 aliphatic heterocycles. The molecule has 264 valence electrons. The van der Waals surface area contributed by atoms with Crippen molar-refractivity contribution in [3.63, 3.8) is 0 Å². The zero-order chi connectivity index (χ0) is 35.3. The maximum Gasteiger partial charge on any atom is 0.434 e. The molecule has 1 amide bonds. The van der Waals surface area contributed by atoms with Crippen LogP contribution in [0.3, 0.4) is 0 Å². The van der Waals surface area contributed by atoms with Gasteiger partial charge >= 0.3 is 11.8 Å². The Hall–Kier alpha value is -4.24. The first-order chi connectivity index (χ1) is 24.7. The van der Waals surface area contributed by atoms with E-state index < -0.39 is 17.5 Å². The second kappa shape index (κ2) is 13.7. The molecule has 3 unspecified atom stereocenters. The molecule has 9 nitrogen and oxygen atoms in total. The van der Waals surface area contributed by atoms with Crippen molar-refractivity contribution in [3.8, 4) is 29.1 Å². The number of fused-ring (bicyclic) bond motifs is 3. The molecule has 0 radical (unpaired) electrons. The minimum atomic E-state index is -0.908. The number of halogens is 3. The van der Waals surface area contributed by atoms with Crippen LogP contribution in [0, 0.1) is 23.6 Å². The number of alkyl halides is 1. The van der Waals surface area contributed by atoms with Gasteiger partial charge in [-0.3, -0.25) is 19.6 Å². The average molecular weight is 713 g/mol. The van der Waals surface area contributed by atoms with Crippen molar-refractivity contribution in [3.05, 3.63) is 53.4 Å². The third-order valence-corrected chi connectivity index (χ3v) is 11.4. The number of ether oxygens (including phenoxy) is 1. The predicted octanol–water partition coefficient (Wildman–Crippen LogP) is 5.88. The van der Waals surface area contributed by atoms with Crippen LogP contribution in [-0.2, 0) is 4.79 Å². The lowest BCUT2D eigenvalue weighted by molar-refractivity contribution is -0.405. The number of carbonyl (C=O) groups is 1. The van der Waals surface area contributed by atoms with E-state index in [1.165, 1.54) is 0 Å². The van der Waals surface area contributed by atoms with Crippen molar-refractivity contribution in [1.29, 1.82) is 0 Å². The van der Waals surface area contributed by atoms with Crippen molar-refractivity contribution < 1.29 is 22.9 Å². The van der Waals surface area contributed by atoms with E-state index >= 15 is 4.39 Å².